The fraction of sp³-hybridized carbons (Fsp3) is 0.800. The summed E-state index contributed by atoms with van der Waals surface area (Å²) in [6.45, 7) is 7.89. The highest BCUT2D eigenvalue weighted by Crippen LogP contribution is 1.98. The van der Waals surface area contributed by atoms with Crippen molar-refractivity contribution in [3.63, 3.8) is 0 Å². The van der Waals surface area contributed by atoms with E-state index in [-0.39, 0.29) is 19.3 Å². The first kappa shape index (κ1) is 24.5. The Hall–Kier alpha value is -1.77. The van der Waals surface area contributed by atoms with Gasteiger partial charge in [-0.3, -0.25) is 0 Å². The molecule has 9 nitrogen and oxygen atoms in total. The molecule has 0 heterocycles. The molecule has 136 valence electrons. The second kappa shape index (κ2) is 21.2. The van der Waals surface area contributed by atoms with Gasteiger partial charge in [-0.05, 0) is 0 Å². The monoisotopic (exact) mass is 343 g/mol. The highest BCUT2D eigenvalue weighted by molar-refractivity contribution is 4.69. The van der Waals surface area contributed by atoms with Crippen molar-refractivity contribution in [1.29, 1.82) is 10.5 Å². The Morgan fingerprint density at radius 3 is 1.96 bits per heavy atom. The molecule has 0 aliphatic carbocycles. The molecule has 0 saturated carbocycles. The molecule has 3 N–H and O–H groups in total. The predicted molar refractivity (Wildman–Crippen MR) is 83.5 cm³/mol. The summed E-state index contributed by atoms with van der Waals surface area (Å²) < 4.78 is 15.9. The summed E-state index contributed by atoms with van der Waals surface area (Å²) in [6, 6.07) is 3.97. The summed E-state index contributed by atoms with van der Waals surface area (Å²) in [6.07, 6.45) is -0.562. The van der Waals surface area contributed by atoms with Crippen LogP contribution in [0.15, 0.2) is 0 Å². The molecule has 0 bridgehead atoms. The Labute approximate surface area is 142 Å². The van der Waals surface area contributed by atoms with E-state index in [1.54, 1.807) is 0 Å². The molecule has 0 rings (SSSR count). The predicted octanol–water partition coefficient (Wildman–Crippen LogP) is -0.517. The zero-order valence-electron chi connectivity index (χ0n) is 13.6. The van der Waals surface area contributed by atoms with Gasteiger partial charge < -0.3 is 34.4 Å². The maximum atomic E-state index is 8.41. The number of rotatable bonds is 13. The van der Waals surface area contributed by atoms with Crippen LogP contribution in [-0.4, -0.2) is 80.3 Å². The minimum absolute atomic E-state index is 0.261. The Balaban J connectivity index is 0. The largest absolute Gasteiger partial charge is 0.394 e. The van der Waals surface area contributed by atoms with Gasteiger partial charge in [0.2, 0.25) is 6.54 Å². The van der Waals surface area contributed by atoms with E-state index in [0.29, 0.717) is 52.4 Å². The maximum Gasteiger partial charge on any atom is 0.237 e. The van der Waals surface area contributed by atoms with E-state index < -0.39 is 6.10 Å². The molecule has 0 aromatic rings. The van der Waals surface area contributed by atoms with Crippen LogP contribution in [0.25, 0.3) is 4.85 Å². The molecule has 0 radical (unpaired) electrons. The van der Waals surface area contributed by atoms with Gasteiger partial charge in [-0.2, -0.15) is 10.5 Å². The Bertz CT molecular complexity index is 362. The van der Waals surface area contributed by atoms with E-state index in [2.05, 4.69) is 4.85 Å². The van der Waals surface area contributed by atoms with Crippen molar-refractivity contribution in [2.24, 2.45) is 0 Å². The molecule has 1 unspecified atom stereocenters. The van der Waals surface area contributed by atoms with Gasteiger partial charge in [0, 0.05) is 0 Å². The average Bonchev–Trinajstić information content (AvgIpc) is 2.61. The number of hydrogen-bond donors (Lipinski definition) is 3. The Kier molecular flexibility index (Phi) is 21.7. The lowest BCUT2D eigenvalue weighted by Crippen LogP contribution is -2.27. The van der Waals surface area contributed by atoms with E-state index in [0.717, 1.165) is 0 Å². The molecule has 0 spiro atoms. The van der Waals surface area contributed by atoms with E-state index in [1.807, 2.05) is 12.1 Å². The lowest BCUT2D eigenvalue weighted by Gasteiger charge is -2.16. The molecule has 24 heavy (non-hydrogen) atoms. The van der Waals surface area contributed by atoms with Crippen LogP contribution in [0.2, 0.25) is 0 Å². The van der Waals surface area contributed by atoms with Gasteiger partial charge >= 0.3 is 0 Å². The number of ether oxygens (including phenoxy) is 3. The molecule has 0 aromatic carbocycles. The number of hydrogen-bond acceptors (Lipinski definition) is 8. The van der Waals surface area contributed by atoms with Gasteiger partial charge in [0.25, 0.3) is 0 Å². The first-order valence-electron chi connectivity index (χ1n) is 7.40. The average molecular weight is 343 g/mol. The number of nitriles is 2. The van der Waals surface area contributed by atoms with Gasteiger partial charge in [-0.15, -0.1) is 0 Å². The molecule has 0 fully saturated rings. The van der Waals surface area contributed by atoms with Crippen LogP contribution in [0.5, 0.6) is 0 Å². The van der Waals surface area contributed by atoms with Crippen LogP contribution in [0.1, 0.15) is 12.8 Å². The quantitative estimate of drug-likeness (QED) is 0.300. The maximum absolute atomic E-state index is 8.41. The number of aliphatic hydroxyl groups is 3. The fourth-order valence-corrected chi connectivity index (χ4v) is 1.13. The topological polar surface area (TPSA) is 140 Å². The Morgan fingerprint density at radius 1 is 0.958 bits per heavy atom. The van der Waals surface area contributed by atoms with Gasteiger partial charge in [0.05, 0.1) is 64.6 Å². The minimum Gasteiger partial charge on any atom is -0.394 e. The van der Waals surface area contributed by atoms with Gasteiger partial charge in [0.1, 0.15) is 18.8 Å². The van der Waals surface area contributed by atoms with Gasteiger partial charge in [-0.1, -0.05) is 0 Å². The Morgan fingerprint density at radius 2 is 1.50 bits per heavy atom. The van der Waals surface area contributed by atoms with Crippen molar-refractivity contribution in [3.8, 4) is 12.1 Å². The third kappa shape index (κ3) is 20.2. The molecular formula is C15H25N3O6. The summed E-state index contributed by atoms with van der Waals surface area (Å²) in [5.41, 5.74) is 0. The van der Waals surface area contributed by atoms with Crippen LogP contribution in [0.3, 0.4) is 0 Å². The van der Waals surface area contributed by atoms with Gasteiger partial charge in [-0.25, -0.2) is 6.57 Å². The first-order valence-corrected chi connectivity index (χ1v) is 7.40. The van der Waals surface area contributed by atoms with E-state index in [1.165, 1.54) is 0 Å². The molecule has 0 amide bonds. The van der Waals surface area contributed by atoms with Crippen molar-refractivity contribution in [2.75, 3.05) is 52.8 Å². The van der Waals surface area contributed by atoms with Crippen molar-refractivity contribution < 1.29 is 29.5 Å². The third-order valence-electron chi connectivity index (χ3n) is 2.30. The second-order valence-electron chi connectivity index (χ2n) is 4.36. The third-order valence-corrected chi connectivity index (χ3v) is 2.30. The van der Waals surface area contributed by atoms with Crippen molar-refractivity contribution in [1.82, 2.24) is 0 Å². The summed E-state index contributed by atoms with van der Waals surface area (Å²) >= 11 is 0. The smallest absolute Gasteiger partial charge is 0.237 e. The number of nitrogens with zero attached hydrogens (tertiary/aromatic N) is 3. The highest BCUT2D eigenvalue weighted by atomic mass is 16.6. The van der Waals surface area contributed by atoms with Gasteiger partial charge in [0.15, 0.2) is 0 Å². The summed E-state index contributed by atoms with van der Waals surface area (Å²) in [4.78, 5) is 3.17. The fourth-order valence-electron chi connectivity index (χ4n) is 1.13. The van der Waals surface area contributed by atoms with Crippen LogP contribution >= 0.6 is 0 Å². The SMILES string of the molecule is OCC(O)CO.[C-]#[N+]CCOCC(COCCC#N)OCCC#N. The standard InChI is InChI=1S/C12H17N3O3.C3H8O3/c1-15-6-9-17-11-12(18-8-3-5-14)10-16-7-2-4-13;4-1-3(6)2-5/h12H,2-3,6-11H2;3-6H,1-2H2. The normalized spacial score (nSPS) is 10.9. The molecular weight excluding hydrogens is 318 g/mol. The van der Waals surface area contributed by atoms with E-state index >= 15 is 0 Å². The first-order chi connectivity index (χ1) is 11.7. The van der Waals surface area contributed by atoms with E-state index in [9.17, 15) is 0 Å². The summed E-state index contributed by atoms with van der Waals surface area (Å²) in [5.74, 6) is 0. The molecule has 0 saturated heterocycles. The van der Waals surface area contributed by atoms with E-state index in [4.69, 9.17) is 46.6 Å². The van der Waals surface area contributed by atoms with Crippen LogP contribution in [0.4, 0.5) is 0 Å². The molecule has 1 atom stereocenters. The molecule has 9 heteroatoms. The van der Waals surface area contributed by atoms with Crippen LogP contribution < -0.4 is 0 Å². The molecule has 0 aliphatic heterocycles. The lowest BCUT2D eigenvalue weighted by molar-refractivity contribution is -0.0560. The zero-order chi connectivity index (χ0) is 18.5. The zero-order valence-corrected chi connectivity index (χ0v) is 13.6. The summed E-state index contributed by atoms with van der Waals surface area (Å²) in [7, 11) is 0. The summed E-state index contributed by atoms with van der Waals surface area (Å²) in [5, 5.41) is 40.8. The number of aliphatic hydroxyl groups excluding tert-OH is 3. The molecule has 0 aromatic heterocycles. The molecule has 0 aliphatic rings. The van der Waals surface area contributed by atoms with Crippen LogP contribution in [0, 0.1) is 29.2 Å². The van der Waals surface area contributed by atoms with Crippen molar-refractivity contribution >= 4 is 0 Å². The minimum atomic E-state index is -0.954. The second-order valence-corrected chi connectivity index (χ2v) is 4.36. The van der Waals surface area contributed by atoms with Crippen molar-refractivity contribution in [2.45, 2.75) is 25.0 Å². The van der Waals surface area contributed by atoms with Crippen LogP contribution in [-0.2, 0) is 14.2 Å². The van der Waals surface area contributed by atoms with Crippen molar-refractivity contribution in [3.05, 3.63) is 11.4 Å². The lowest BCUT2D eigenvalue weighted by atomic mass is 10.4. The highest BCUT2D eigenvalue weighted by Gasteiger charge is 2.10.